The molecule has 0 saturated carbocycles. The Kier molecular flexibility index (Phi) is 6.23. The lowest BCUT2D eigenvalue weighted by atomic mass is 10.1. The van der Waals surface area contributed by atoms with E-state index in [0.29, 0.717) is 5.02 Å². The van der Waals surface area contributed by atoms with Crippen molar-refractivity contribution in [3.8, 4) is 0 Å². The second kappa shape index (κ2) is 7.93. The number of hydrogen-bond acceptors (Lipinski definition) is 3. The Hall–Kier alpha value is -0.680. The maximum atomic E-state index is 13.0. The molecule has 2 rings (SSSR count). The van der Waals surface area contributed by atoms with Gasteiger partial charge in [-0.25, -0.2) is 4.39 Å². The summed E-state index contributed by atoms with van der Waals surface area (Å²) in [6.07, 6.45) is 1.09. The van der Waals surface area contributed by atoms with Gasteiger partial charge in [-0.15, -0.1) is 0 Å². The van der Waals surface area contributed by atoms with Gasteiger partial charge in [0.1, 0.15) is 5.82 Å². The molecule has 5 heteroatoms. The fraction of sp³-hybridized carbons (Fsp3) is 0.600. The lowest BCUT2D eigenvalue weighted by Crippen LogP contribution is -2.37. The van der Waals surface area contributed by atoms with Crippen molar-refractivity contribution in [1.82, 2.24) is 10.2 Å². The van der Waals surface area contributed by atoms with E-state index in [1.54, 1.807) is 6.07 Å². The van der Waals surface area contributed by atoms with Crippen LogP contribution in [-0.4, -0.2) is 44.3 Å². The van der Waals surface area contributed by atoms with Crippen LogP contribution in [-0.2, 0) is 4.74 Å². The summed E-state index contributed by atoms with van der Waals surface area (Å²) < 4.78 is 18.3. The Balaban J connectivity index is 1.70. The van der Waals surface area contributed by atoms with Gasteiger partial charge in [0, 0.05) is 24.2 Å². The molecule has 1 atom stereocenters. The molecule has 1 aromatic rings. The molecule has 3 nitrogen and oxygen atoms in total. The zero-order valence-electron chi connectivity index (χ0n) is 11.9. The van der Waals surface area contributed by atoms with Crippen LogP contribution in [0.5, 0.6) is 0 Å². The van der Waals surface area contributed by atoms with Crippen LogP contribution >= 0.6 is 11.6 Å². The summed E-state index contributed by atoms with van der Waals surface area (Å²) in [5.74, 6) is -0.293. The lowest BCUT2D eigenvalue weighted by molar-refractivity contribution is 0.0374. The fourth-order valence-corrected chi connectivity index (χ4v) is 2.74. The molecule has 0 aliphatic carbocycles. The second-order valence-corrected chi connectivity index (χ2v) is 5.56. The first-order valence-corrected chi connectivity index (χ1v) is 7.53. The van der Waals surface area contributed by atoms with E-state index in [1.165, 1.54) is 12.1 Å². The van der Waals surface area contributed by atoms with Crippen LogP contribution in [0, 0.1) is 5.82 Å². The summed E-state index contributed by atoms with van der Waals surface area (Å²) >= 11 is 6.06. The molecule has 1 saturated heterocycles. The van der Waals surface area contributed by atoms with Crippen molar-refractivity contribution >= 4 is 11.6 Å². The molecule has 1 aromatic carbocycles. The first-order chi connectivity index (χ1) is 9.66. The zero-order chi connectivity index (χ0) is 14.4. The molecule has 1 N–H and O–H groups in total. The first kappa shape index (κ1) is 15.7. The maximum Gasteiger partial charge on any atom is 0.124 e. The molecular formula is C15H22ClFN2O. The van der Waals surface area contributed by atoms with Crippen molar-refractivity contribution < 1.29 is 9.13 Å². The molecule has 0 bridgehead atoms. The van der Waals surface area contributed by atoms with Crippen molar-refractivity contribution in [1.29, 1.82) is 0 Å². The molecule has 0 aromatic heterocycles. The number of nitrogens with one attached hydrogen (secondary N) is 1. The molecule has 112 valence electrons. The predicted octanol–water partition coefficient (Wildman–Crippen LogP) is 2.85. The number of morpholine rings is 1. The van der Waals surface area contributed by atoms with Crippen molar-refractivity contribution in [2.75, 3.05) is 39.4 Å². The highest BCUT2D eigenvalue weighted by Gasteiger charge is 2.11. The number of halogens is 2. The second-order valence-electron chi connectivity index (χ2n) is 5.15. The summed E-state index contributed by atoms with van der Waals surface area (Å²) in [6, 6.07) is 4.69. The highest BCUT2D eigenvalue weighted by molar-refractivity contribution is 6.31. The van der Waals surface area contributed by atoms with Gasteiger partial charge in [0.2, 0.25) is 0 Å². The molecule has 0 amide bonds. The van der Waals surface area contributed by atoms with Gasteiger partial charge in [-0.1, -0.05) is 17.7 Å². The Morgan fingerprint density at radius 1 is 1.40 bits per heavy atom. The Morgan fingerprint density at radius 2 is 2.15 bits per heavy atom. The van der Waals surface area contributed by atoms with Crippen LogP contribution in [0.3, 0.4) is 0 Å². The van der Waals surface area contributed by atoms with Gasteiger partial charge in [-0.05, 0) is 44.1 Å². The minimum absolute atomic E-state index is 0.132. The van der Waals surface area contributed by atoms with Gasteiger partial charge >= 0.3 is 0 Å². The van der Waals surface area contributed by atoms with E-state index in [-0.39, 0.29) is 11.9 Å². The van der Waals surface area contributed by atoms with Crippen LogP contribution in [0.25, 0.3) is 0 Å². The summed E-state index contributed by atoms with van der Waals surface area (Å²) in [6.45, 7) is 7.79. The zero-order valence-corrected chi connectivity index (χ0v) is 12.6. The normalized spacial score (nSPS) is 18.1. The number of benzene rings is 1. The van der Waals surface area contributed by atoms with Crippen LogP contribution in [0.4, 0.5) is 4.39 Å². The van der Waals surface area contributed by atoms with Crippen molar-refractivity contribution in [2.45, 2.75) is 19.4 Å². The van der Waals surface area contributed by atoms with E-state index in [9.17, 15) is 4.39 Å². The summed E-state index contributed by atoms with van der Waals surface area (Å²) in [5.41, 5.74) is 0.944. The van der Waals surface area contributed by atoms with Gasteiger partial charge < -0.3 is 10.1 Å². The highest BCUT2D eigenvalue weighted by atomic mass is 35.5. The Labute approximate surface area is 125 Å². The summed E-state index contributed by atoms with van der Waals surface area (Å²) in [7, 11) is 0. The number of hydrogen-bond donors (Lipinski definition) is 1. The van der Waals surface area contributed by atoms with Gasteiger partial charge in [0.05, 0.1) is 13.2 Å². The van der Waals surface area contributed by atoms with Gasteiger partial charge in [0.25, 0.3) is 0 Å². The maximum absolute atomic E-state index is 13.0. The van der Waals surface area contributed by atoms with E-state index in [2.05, 4.69) is 10.2 Å². The predicted molar refractivity (Wildman–Crippen MR) is 79.7 cm³/mol. The first-order valence-electron chi connectivity index (χ1n) is 7.15. The molecular weight excluding hydrogens is 279 g/mol. The van der Waals surface area contributed by atoms with Crippen LogP contribution in [0.2, 0.25) is 5.02 Å². The van der Waals surface area contributed by atoms with Crippen LogP contribution < -0.4 is 5.32 Å². The number of rotatable bonds is 6. The lowest BCUT2D eigenvalue weighted by Gasteiger charge is -2.26. The average Bonchev–Trinajstić information content (AvgIpc) is 2.44. The molecule has 1 heterocycles. The molecule has 1 aliphatic rings. The standard InChI is InChI=1S/C15H22ClFN2O/c1-12(14-4-3-13(17)11-15(14)16)18-5-2-6-19-7-9-20-10-8-19/h3-4,11-12,18H,2,5-10H2,1H3. The Morgan fingerprint density at radius 3 is 2.85 bits per heavy atom. The molecule has 1 aliphatic heterocycles. The minimum atomic E-state index is -0.293. The Bertz CT molecular complexity index is 424. The van der Waals surface area contributed by atoms with E-state index >= 15 is 0 Å². The third kappa shape index (κ3) is 4.70. The molecule has 1 fully saturated rings. The van der Waals surface area contributed by atoms with Crippen molar-refractivity contribution in [3.63, 3.8) is 0 Å². The SMILES string of the molecule is CC(NCCCN1CCOCC1)c1ccc(F)cc1Cl. The number of ether oxygens (including phenoxy) is 1. The van der Waals surface area contributed by atoms with E-state index in [1.807, 2.05) is 6.92 Å². The highest BCUT2D eigenvalue weighted by Crippen LogP contribution is 2.23. The quantitative estimate of drug-likeness (QED) is 0.818. The smallest absolute Gasteiger partial charge is 0.124 e. The van der Waals surface area contributed by atoms with Crippen LogP contribution in [0.15, 0.2) is 18.2 Å². The molecule has 20 heavy (non-hydrogen) atoms. The van der Waals surface area contributed by atoms with Gasteiger partial charge in [-0.3, -0.25) is 4.90 Å². The van der Waals surface area contributed by atoms with Gasteiger partial charge in [-0.2, -0.15) is 0 Å². The third-order valence-electron chi connectivity index (χ3n) is 3.63. The van der Waals surface area contributed by atoms with E-state index < -0.39 is 0 Å². The van der Waals surface area contributed by atoms with E-state index in [4.69, 9.17) is 16.3 Å². The van der Waals surface area contributed by atoms with Gasteiger partial charge in [0.15, 0.2) is 0 Å². The largest absolute Gasteiger partial charge is 0.379 e. The average molecular weight is 301 g/mol. The fourth-order valence-electron chi connectivity index (χ4n) is 2.41. The minimum Gasteiger partial charge on any atom is -0.379 e. The summed E-state index contributed by atoms with van der Waals surface area (Å²) in [4.78, 5) is 2.42. The van der Waals surface area contributed by atoms with E-state index in [0.717, 1.165) is 51.4 Å². The third-order valence-corrected chi connectivity index (χ3v) is 3.96. The molecule has 0 radical (unpaired) electrons. The van der Waals surface area contributed by atoms with Crippen molar-refractivity contribution in [3.05, 3.63) is 34.6 Å². The molecule has 1 unspecified atom stereocenters. The van der Waals surface area contributed by atoms with Crippen LogP contribution in [0.1, 0.15) is 24.9 Å². The topological polar surface area (TPSA) is 24.5 Å². The monoisotopic (exact) mass is 300 g/mol. The van der Waals surface area contributed by atoms with Crippen molar-refractivity contribution in [2.24, 2.45) is 0 Å². The number of nitrogens with zero attached hydrogens (tertiary/aromatic N) is 1. The summed E-state index contributed by atoms with van der Waals surface area (Å²) in [5, 5.41) is 3.92. The molecule has 0 spiro atoms.